The van der Waals surface area contributed by atoms with Crippen molar-refractivity contribution in [3.8, 4) is 0 Å². The highest BCUT2D eigenvalue weighted by Gasteiger charge is 2.27. The normalized spacial score (nSPS) is 13.2. The van der Waals surface area contributed by atoms with Gasteiger partial charge >= 0.3 is 5.97 Å². The third-order valence-corrected chi connectivity index (χ3v) is 4.61. The second-order valence-corrected chi connectivity index (χ2v) is 6.16. The average molecular weight is 304 g/mol. The highest BCUT2D eigenvalue weighted by molar-refractivity contribution is 7.89. The summed E-state index contributed by atoms with van der Waals surface area (Å²) >= 11 is 0. The molecule has 1 aromatic rings. The molecule has 114 valence electrons. The van der Waals surface area contributed by atoms with Gasteiger partial charge in [-0.15, -0.1) is 0 Å². The van der Waals surface area contributed by atoms with E-state index in [1.165, 1.54) is 6.92 Å². The Bertz CT molecular complexity index is 591. The minimum absolute atomic E-state index is 0.0147. The molecule has 1 aromatic heterocycles. The molecule has 0 aliphatic rings. The molecule has 3 N–H and O–H groups in total. The lowest BCUT2D eigenvalue weighted by Crippen LogP contribution is -2.35. The number of aliphatic hydroxyl groups is 1. The number of aryl methyl sites for hydroxylation is 1. The van der Waals surface area contributed by atoms with E-state index in [-0.39, 0.29) is 23.8 Å². The summed E-state index contributed by atoms with van der Waals surface area (Å²) in [6.07, 6.45) is 0. The lowest BCUT2D eigenvalue weighted by Gasteiger charge is -2.12. The first-order chi connectivity index (χ1) is 9.24. The first-order valence-electron chi connectivity index (χ1n) is 6.24. The third-order valence-electron chi connectivity index (χ3n) is 2.75. The number of esters is 1. The first kappa shape index (κ1) is 16.7. The zero-order valence-electron chi connectivity index (χ0n) is 12.0. The van der Waals surface area contributed by atoms with Crippen LogP contribution in [0.5, 0.6) is 0 Å². The molecule has 0 aromatic carbocycles. The number of ether oxygens (including phenoxy) is 1. The summed E-state index contributed by atoms with van der Waals surface area (Å²) in [7, 11) is -3.81. The standard InChI is InChI=1S/C12H20N2O5S/c1-5-19-12(16)10-8(3)11(9(4)13-10)20(17,18)14-7(2)6-15/h7,13-15H,5-6H2,1-4H3/t7-/m0/s1. The second-order valence-electron chi connectivity index (χ2n) is 4.50. The van der Waals surface area contributed by atoms with Gasteiger partial charge in [-0.3, -0.25) is 0 Å². The lowest BCUT2D eigenvalue weighted by molar-refractivity contribution is 0.0519. The van der Waals surface area contributed by atoms with E-state index in [1.54, 1.807) is 20.8 Å². The number of hydrogen-bond donors (Lipinski definition) is 3. The summed E-state index contributed by atoms with van der Waals surface area (Å²) in [5.41, 5.74) is 0.781. The van der Waals surface area contributed by atoms with Gasteiger partial charge in [0.05, 0.1) is 13.2 Å². The van der Waals surface area contributed by atoms with Crippen LogP contribution in [0.25, 0.3) is 0 Å². The summed E-state index contributed by atoms with van der Waals surface area (Å²) in [4.78, 5) is 14.5. The molecule has 0 spiro atoms. The molecule has 1 atom stereocenters. The second kappa shape index (κ2) is 6.38. The molecule has 0 bridgehead atoms. The van der Waals surface area contributed by atoms with Crippen molar-refractivity contribution in [2.75, 3.05) is 13.2 Å². The number of aliphatic hydroxyl groups excluding tert-OH is 1. The van der Waals surface area contributed by atoms with E-state index in [2.05, 4.69) is 9.71 Å². The maximum atomic E-state index is 12.2. The van der Waals surface area contributed by atoms with Crippen molar-refractivity contribution in [1.29, 1.82) is 0 Å². The van der Waals surface area contributed by atoms with Crippen molar-refractivity contribution < 1.29 is 23.1 Å². The van der Waals surface area contributed by atoms with Crippen LogP contribution in [0.15, 0.2) is 4.90 Å². The average Bonchev–Trinajstić information content (AvgIpc) is 2.65. The van der Waals surface area contributed by atoms with Crippen LogP contribution >= 0.6 is 0 Å². The van der Waals surface area contributed by atoms with E-state index in [0.717, 1.165) is 0 Å². The van der Waals surface area contributed by atoms with Crippen LogP contribution in [0, 0.1) is 13.8 Å². The molecule has 0 unspecified atom stereocenters. The lowest BCUT2D eigenvalue weighted by atomic mass is 10.2. The molecule has 20 heavy (non-hydrogen) atoms. The van der Waals surface area contributed by atoms with Crippen molar-refractivity contribution >= 4 is 16.0 Å². The van der Waals surface area contributed by atoms with Gasteiger partial charge in [-0.05, 0) is 27.7 Å². The molecular weight excluding hydrogens is 284 g/mol. The molecule has 0 radical (unpaired) electrons. The van der Waals surface area contributed by atoms with Crippen molar-refractivity contribution in [2.45, 2.75) is 38.6 Å². The van der Waals surface area contributed by atoms with Gasteiger partial charge < -0.3 is 14.8 Å². The van der Waals surface area contributed by atoms with Crippen molar-refractivity contribution in [1.82, 2.24) is 9.71 Å². The minimum Gasteiger partial charge on any atom is -0.461 e. The number of hydrogen-bond acceptors (Lipinski definition) is 5. The monoisotopic (exact) mass is 304 g/mol. The molecule has 8 heteroatoms. The van der Waals surface area contributed by atoms with Crippen LogP contribution in [-0.4, -0.2) is 43.7 Å². The maximum absolute atomic E-state index is 12.2. The summed E-state index contributed by atoms with van der Waals surface area (Å²) in [6.45, 7) is 6.21. The molecule has 0 amide bonds. The van der Waals surface area contributed by atoms with E-state index in [1.807, 2.05) is 0 Å². The van der Waals surface area contributed by atoms with Crippen LogP contribution in [0.2, 0.25) is 0 Å². The maximum Gasteiger partial charge on any atom is 0.355 e. The van der Waals surface area contributed by atoms with E-state index >= 15 is 0 Å². The largest absolute Gasteiger partial charge is 0.461 e. The third kappa shape index (κ3) is 3.38. The molecule has 0 fully saturated rings. The Kier molecular flexibility index (Phi) is 5.32. The molecule has 0 aliphatic carbocycles. The number of nitrogens with one attached hydrogen (secondary N) is 2. The molecule has 0 saturated carbocycles. The predicted octanol–water partition coefficient (Wildman–Crippen LogP) is 0.467. The van der Waals surface area contributed by atoms with E-state index in [9.17, 15) is 13.2 Å². The number of sulfonamides is 1. The fourth-order valence-electron chi connectivity index (χ4n) is 1.90. The fraction of sp³-hybridized carbons (Fsp3) is 0.583. The van der Waals surface area contributed by atoms with Gasteiger partial charge in [0.1, 0.15) is 10.6 Å². The fourth-order valence-corrected chi connectivity index (χ4v) is 3.59. The highest BCUT2D eigenvalue weighted by atomic mass is 32.2. The van der Waals surface area contributed by atoms with Crippen LogP contribution in [-0.2, 0) is 14.8 Å². The van der Waals surface area contributed by atoms with Gasteiger partial charge in [-0.1, -0.05) is 0 Å². The van der Waals surface area contributed by atoms with Gasteiger partial charge in [-0.2, -0.15) is 0 Å². The minimum atomic E-state index is -3.81. The number of rotatable bonds is 6. The van der Waals surface area contributed by atoms with Crippen molar-refractivity contribution in [2.24, 2.45) is 0 Å². The highest BCUT2D eigenvalue weighted by Crippen LogP contribution is 2.23. The zero-order valence-corrected chi connectivity index (χ0v) is 12.8. The van der Waals surface area contributed by atoms with Gasteiger partial charge in [0.2, 0.25) is 10.0 Å². The zero-order chi connectivity index (χ0) is 15.5. The number of carbonyl (C=O) groups is 1. The first-order valence-corrected chi connectivity index (χ1v) is 7.72. The Labute approximate surface area is 118 Å². The Hall–Kier alpha value is -1.38. The predicted molar refractivity (Wildman–Crippen MR) is 73.1 cm³/mol. The Balaban J connectivity index is 3.23. The number of aromatic amines is 1. The summed E-state index contributed by atoms with van der Waals surface area (Å²) < 4.78 is 31.7. The SMILES string of the molecule is CCOC(=O)c1[nH]c(C)c(S(=O)(=O)N[C@@H](C)CO)c1C. The number of carbonyl (C=O) groups excluding carboxylic acids is 1. The quantitative estimate of drug-likeness (QED) is 0.662. The van der Waals surface area contributed by atoms with Crippen molar-refractivity contribution in [3.63, 3.8) is 0 Å². The number of aromatic nitrogens is 1. The van der Waals surface area contributed by atoms with E-state index in [0.29, 0.717) is 11.3 Å². The smallest absolute Gasteiger partial charge is 0.355 e. The molecule has 0 aliphatic heterocycles. The summed E-state index contributed by atoms with van der Waals surface area (Å²) in [6, 6.07) is -0.611. The van der Waals surface area contributed by atoms with Gasteiger partial charge in [0, 0.05) is 17.3 Å². The molecule has 0 saturated heterocycles. The number of H-pyrrole nitrogens is 1. The molecule has 1 heterocycles. The molecular formula is C12H20N2O5S. The van der Waals surface area contributed by atoms with Gasteiger partial charge in [0.15, 0.2) is 0 Å². The van der Waals surface area contributed by atoms with E-state index < -0.39 is 22.0 Å². The Morgan fingerprint density at radius 1 is 1.45 bits per heavy atom. The van der Waals surface area contributed by atoms with Gasteiger partial charge in [-0.25, -0.2) is 17.9 Å². The summed E-state index contributed by atoms with van der Waals surface area (Å²) in [5, 5.41) is 8.94. The van der Waals surface area contributed by atoms with Crippen LogP contribution in [0.1, 0.15) is 35.6 Å². The molecule has 7 nitrogen and oxygen atoms in total. The topological polar surface area (TPSA) is 108 Å². The van der Waals surface area contributed by atoms with Crippen LogP contribution < -0.4 is 4.72 Å². The summed E-state index contributed by atoms with van der Waals surface area (Å²) in [5.74, 6) is -0.593. The van der Waals surface area contributed by atoms with Crippen LogP contribution in [0.3, 0.4) is 0 Å². The van der Waals surface area contributed by atoms with Gasteiger partial charge in [0.25, 0.3) is 0 Å². The molecule has 1 rings (SSSR count). The van der Waals surface area contributed by atoms with E-state index in [4.69, 9.17) is 9.84 Å². The Morgan fingerprint density at radius 3 is 2.55 bits per heavy atom. The van der Waals surface area contributed by atoms with Crippen LogP contribution in [0.4, 0.5) is 0 Å². The van der Waals surface area contributed by atoms with Crippen molar-refractivity contribution in [3.05, 3.63) is 17.0 Å². The Morgan fingerprint density at radius 2 is 2.05 bits per heavy atom.